The summed E-state index contributed by atoms with van der Waals surface area (Å²) >= 11 is 0. The first-order chi connectivity index (χ1) is 9.55. The molecule has 3 fully saturated rings. The highest BCUT2D eigenvalue weighted by Gasteiger charge is 2.44. The minimum atomic E-state index is -2.91. The molecule has 2 aliphatic carbocycles. The Hall–Kier alpha value is -0.780. The molecule has 114 valence electrons. The average molecular weight is 300 g/mol. The van der Waals surface area contributed by atoms with E-state index < -0.39 is 9.84 Å². The number of carbonyl (C=O) groups is 1. The molecule has 5 nitrogen and oxygen atoms in total. The van der Waals surface area contributed by atoms with Gasteiger partial charge in [-0.3, -0.25) is 0 Å². The fourth-order valence-corrected chi connectivity index (χ4v) is 4.83. The molecule has 1 aliphatic heterocycles. The van der Waals surface area contributed by atoms with Crippen LogP contribution in [-0.2, 0) is 9.84 Å². The minimum absolute atomic E-state index is 0.0665. The van der Waals surface area contributed by atoms with Crippen LogP contribution in [0.4, 0.5) is 4.79 Å². The zero-order valence-corrected chi connectivity index (χ0v) is 12.7. The fourth-order valence-electron chi connectivity index (χ4n) is 3.63. The van der Waals surface area contributed by atoms with Crippen molar-refractivity contribution in [3.63, 3.8) is 0 Å². The number of nitrogens with zero attached hydrogens (tertiary/aromatic N) is 1. The summed E-state index contributed by atoms with van der Waals surface area (Å²) in [6, 6.07) is 0.271. The molecule has 0 aromatic rings. The summed E-state index contributed by atoms with van der Waals surface area (Å²) in [5.41, 5.74) is 0. The van der Waals surface area contributed by atoms with Gasteiger partial charge < -0.3 is 10.2 Å². The summed E-state index contributed by atoms with van der Waals surface area (Å²) in [6.07, 6.45) is 7.79. The second-order valence-electron chi connectivity index (χ2n) is 6.49. The third-order valence-corrected chi connectivity index (χ3v) is 6.64. The van der Waals surface area contributed by atoms with Crippen molar-refractivity contribution >= 4 is 15.9 Å². The number of urea groups is 1. The Morgan fingerprint density at radius 1 is 1.05 bits per heavy atom. The summed E-state index contributed by atoms with van der Waals surface area (Å²) in [4.78, 5) is 13.8. The van der Waals surface area contributed by atoms with Gasteiger partial charge in [-0.15, -0.1) is 0 Å². The van der Waals surface area contributed by atoms with Crippen LogP contribution < -0.4 is 5.32 Å². The zero-order chi connectivity index (χ0) is 14.2. The Kier molecular flexibility index (Phi) is 3.93. The van der Waals surface area contributed by atoms with Gasteiger partial charge in [0, 0.05) is 19.1 Å². The maximum atomic E-state index is 12.1. The van der Waals surface area contributed by atoms with E-state index in [2.05, 4.69) is 5.32 Å². The Labute approximate surface area is 121 Å². The van der Waals surface area contributed by atoms with Gasteiger partial charge in [-0.1, -0.05) is 32.1 Å². The van der Waals surface area contributed by atoms with Gasteiger partial charge in [0.05, 0.1) is 11.5 Å². The van der Waals surface area contributed by atoms with Gasteiger partial charge in [-0.2, -0.15) is 0 Å². The SMILES string of the molecule is O=C(N[C@@H]1C[C@H]1C1CCCCC1)N1CCS(=O)(=O)CC1. The van der Waals surface area contributed by atoms with E-state index in [-0.39, 0.29) is 17.5 Å². The summed E-state index contributed by atoms with van der Waals surface area (Å²) in [6.45, 7) is 0.684. The molecule has 0 unspecified atom stereocenters. The van der Waals surface area contributed by atoms with Crippen molar-refractivity contribution in [2.75, 3.05) is 24.6 Å². The van der Waals surface area contributed by atoms with E-state index in [1.165, 1.54) is 32.1 Å². The summed E-state index contributed by atoms with van der Waals surface area (Å²) in [7, 11) is -2.91. The predicted molar refractivity (Wildman–Crippen MR) is 77.2 cm³/mol. The molecule has 0 aromatic carbocycles. The van der Waals surface area contributed by atoms with Crippen molar-refractivity contribution in [2.24, 2.45) is 11.8 Å². The normalized spacial score (nSPS) is 33.7. The molecule has 2 saturated carbocycles. The highest BCUT2D eigenvalue weighted by molar-refractivity contribution is 7.91. The summed E-state index contributed by atoms with van der Waals surface area (Å²) in [5, 5.41) is 3.09. The molecule has 2 amide bonds. The van der Waals surface area contributed by atoms with Crippen LogP contribution in [0.3, 0.4) is 0 Å². The molecule has 0 aromatic heterocycles. The van der Waals surface area contributed by atoms with Crippen molar-refractivity contribution in [1.82, 2.24) is 10.2 Å². The van der Waals surface area contributed by atoms with Gasteiger partial charge in [0.1, 0.15) is 0 Å². The molecule has 2 atom stereocenters. The van der Waals surface area contributed by atoms with Crippen LogP contribution in [0, 0.1) is 11.8 Å². The van der Waals surface area contributed by atoms with E-state index >= 15 is 0 Å². The lowest BCUT2D eigenvalue weighted by molar-refractivity contribution is 0.200. The van der Waals surface area contributed by atoms with Crippen LogP contribution in [0.1, 0.15) is 38.5 Å². The largest absolute Gasteiger partial charge is 0.335 e. The Morgan fingerprint density at radius 2 is 1.70 bits per heavy atom. The molecule has 0 radical (unpaired) electrons. The molecule has 1 heterocycles. The van der Waals surface area contributed by atoms with Crippen LogP contribution in [0.2, 0.25) is 0 Å². The van der Waals surface area contributed by atoms with Crippen LogP contribution in [-0.4, -0.2) is 50.0 Å². The molecule has 20 heavy (non-hydrogen) atoms. The first kappa shape index (κ1) is 14.2. The quantitative estimate of drug-likeness (QED) is 0.838. The molecular formula is C14H24N2O3S. The first-order valence-corrected chi connectivity index (χ1v) is 9.63. The zero-order valence-electron chi connectivity index (χ0n) is 11.9. The number of rotatable bonds is 2. The van der Waals surface area contributed by atoms with Gasteiger partial charge in [-0.05, 0) is 18.3 Å². The monoisotopic (exact) mass is 300 g/mol. The molecular weight excluding hydrogens is 276 g/mol. The maximum Gasteiger partial charge on any atom is 0.317 e. The average Bonchev–Trinajstić information content (AvgIpc) is 3.19. The predicted octanol–water partition coefficient (Wildman–Crippen LogP) is 1.40. The second-order valence-corrected chi connectivity index (χ2v) is 8.80. The number of hydrogen-bond acceptors (Lipinski definition) is 3. The molecule has 6 heteroatoms. The molecule has 0 spiro atoms. The van der Waals surface area contributed by atoms with Gasteiger partial charge in [0.25, 0.3) is 0 Å². The molecule has 1 saturated heterocycles. The molecule has 0 bridgehead atoms. The lowest BCUT2D eigenvalue weighted by Crippen LogP contribution is -2.49. The molecule has 1 N–H and O–H groups in total. The van der Waals surface area contributed by atoms with Crippen LogP contribution >= 0.6 is 0 Å². The van der Waals surface area contributed by atoms with Crippen molar-refractivity contribution in [3.8, 4) is 0 Å². The van der Waals surface area contributed by atoms with Gasteiger partial charge >= 0.3 is 6.03 Å². The third kappa shape index (κ3) is 3.27. The highest BCUT2D eigenvalue weighted by atomic mass is 32.2. The van der Waals surface area contributed by atoms with E-state index in [1.54, 1.807) is 4.90 Å². The number of amides is 2. The van der Waals surface area contributed by atoms with Gasteiger partial charge in [0.15, 0.2) is 9.84 Å². The first-order valence-electron chi connectivity index (χ1n) is 7.81. The highest BCUT2D eigenvalue weighted by Crippen LogP contribution is 2.44. The van der Waals surface area contributed by atoms with E-state index in [0.717, 1.165) is 12.3 Å². The van der Waals surface area contributed by atoms with E-state index in [9.17, 15) is 13.2 Å². The van der Waals surface area contributed by atoms with Gasteiger partial charge in [-0.25, -0.2) is 13.2 Å². The van der Waals surface area contributed by atoms with Crippen molar-refractivity contribution < 1.29 is 13.2 Å². The third-order valence-electron chi connectivity index (χ3n) is 5.04. The lowest BCUT2D eigenvalue weighted by Gasteiger charge is -2.27. The topological polar surface area (TPSA) is 66.5 Å². The van der Waals surface area contributed by atoms with Crippen LogP contribution in [0.25, 0.3) is 0 Å². The van der Waals surface area contributed by atoms with Crippen molar-refractivity contribution in [3.05, 3.63) is 0 Å². The Balaban J connectivity index is 1.44. The Morgan fingerprint density at radius 3 is 2.35 bits per heavy atom. The standard InChI is InChI=1S/C14H24N2O3S/c17-14(16-6-8-20(18,19)9-7-16)15-13-10-12(13)11-4-2-1-3-5-11/h11-13H,1-10H2,(H,15,17)/t12-,13+/m0/s1. The van der Waals surface area contributed by atoms with Crippen molar-refractivity contribution in [1.29, 1.82) is 0 Å². The number of hydrogen-bond donors (Lipinski definition) is 1. The lowest BCUT2D eigenvalue weighted by atomic mass is 9.85. The van der Waals surface area contributed by atoms with E-state index in [4.69, 9.17) is 0 Å². The fraction of sp³-hybridized carbons (Fsp3) is 0.929. The summed E-state index contributed by atoms with van der Waals surface area (Å²) in [5.74, 6) is 1.69. The molecule has 3 aliphatic rings. The van der Waals surface area contributed by atoms with Gasteiger partial charge in [0.2, 0.25) is 0 Å². The molecule has 3 rings (SSSR count). The van der Waals surface area contributed by atoms with E-state index in [1.807, 2.05) is 0 Å². The smallest absolute Gasteiger partial charge is 0.317 e. The number of nitrogens with one attached hydrogen (secondary N) is 1. The number of carbonyl (C=O) groups excluding carboxylic acids is 1. The maximum absolute atomic E-state index is 12.1. The Bertz CT molecular complexity index is 457. The van der Waals surface area contributed by atoms with Crippen LogP contribution in [0.5, 0.6) is 0 Å². The minimum Gasteiger partial charge on any atom is -0.335 e. The van der Waals surface area contributed by atoms with Crippen LogP contribution in [0.15, 0.2) is 0 Å². The second kappa shape index (κ2) is 5.54. The van der Waals surface area contributed by atoms with Crippen molar-refractivity contribution in [2.45, 2.75) is 44.6 Å². The number of sulfone groups is 1. The van der Waals surface area contributed by atoms with E-state index in [0.29, 0.717) is 25.0 Å². The summed E-state index contributed by atoms with van der Waals surface area (Å²) < 4.78 is 22.7.